The number of hydrogen-bond acceptors (Lipinski definition) is 3. The van der Waals surface area contributed by atoms with Gasteiger partial charge in [0.1, 0.15) is 0 Å². The van der Waals surface area contributed by atoms with Gasteiger partial charge in [-0.2, -0.15) is 0 Å². The molecular formula is C16H14Cl2N2O3. The van der Waals surface area contributed by atoms with Gasteiger partial charge in [-0.3, -0.25) is 14.9 Å². The van der Waals surface area contributed by atoms with Crippen molar-refractivity contribution < 1.29 is 9.72 Å². The van der Waals surface area contributed by atoms with E-state index in [4.69, 9.17) is 23.2 Å². The Kier molecular flexibility index (Phi) is 5.23. The number of halogens is 2. The summed E-state index contributed by atoms with van der Waals surface area (Å²) in [5, 5.41) is 11.5. The van der Waals surface area contributed by atoms with Crippen LogP contribution in [0.4, 0.5) is 5.69 Å². The highest BCUT2D eigenvalue weighted by atomic mass is 35.5. The third-order valence-corrected chi connectivity index (χ3v) is 4.37. The lowest BCUT2D eigenvalue weighted by atomic mass is 10.1. The monoisotopic (exact) mass is 352 g/mol. The van der Waals surface area contributed by atoms with Crippen molar-refractivity contribution in [1.29, 1.82) is 0 Å². The first-order valence-corrected chi connectivity index (χ1v) is 7.53. The number of non-ortho nitro benzene ring substituents is 1. The fourth-order valence-corrected chi connectivity index (χ4v) is 2.43. The highest BCUT2D eigenvalue weighted by molar-refractivity contribution is 6.42. The van der Waals surface area contributed by atoms with Crippen molar-refractivity contribution in [3.8, 4) is 0 Å². The molecule has 0 N–H and O–H groups in total. The van der Waals surface area contributed by atoms with E-state index in [1.54, 1.807) is 38.2 Å². The molecule has 5 nitrogen and oxygen atoms in total. The first-order valence-electron chi connectivity index (χ1n) is 6.78. The van der Waals surface area contributed by atoms with E-state index in [-0.39, 0.29) is 17.6 Å². The summed E-state index contributed by atoms with van der Waals surface area (Å²) in [7, 11) is 1.63. The minimum atomic E-state index is -0.461. The molecule has 2 aromatic rings. The van der Waals surface area contributed by atoms with E-state index in [1.165, 1.54) is 23.1 Å². The second-order valence-corrected chi connectivity index (χ2v) is 5.89. The maximum absolute atomic E-state index is 12.5. The van der Waals surface area contributed by atoms with Gasteiger partial charge in [0.05, 0.1) is 21.0 Å². The molecule has 0 saturated heterocycles. The maximum Gasteiger partial charge on any atom is 0.269 e. The van der Waals surface area contributed by atoms with Crippen molar-refractivity contribution in [1.82, 2.24) is 4.90 Å². The molecule has 0 fully saturated rings. The molecule has 120 valence electrons. The Hall–Kier alpha value is -2.11. The normalized spacial score (nSPS) is 11.8. The maximum atomic E-state index is 12.5. The number of hydrogen-bond donors (Lipinski definition) is 0. The molecule has 2 aromatic carbocycles. The van der Waals surface area contributed by atoms with Crippen LogP contribution in [0.1, 0.15) is 28.9 Å². The summed E-state index contributed by atoms with van der Waals surface area (Å²) < 4.78 is 0. The molecule has 0 aromatic heterocycles. The topological polar surface area (TPSA) is 63.5 Å². The van der Waals surface area contributed by atoms with E-state index in [0.29, 0.717) is 21.2 Å². The Morgan fingerprint density at radius 3 is 2.48 bits per heavy atom. The van der Waals surface area contributed by atoms with E-state index in [0.717, 1.165) is 0 Å². The van der Waals surface area contributed by atoms with Crippen LogP contribution >= 0.6 is 23.2 Å². The van der Waals surface area contributed by atoms with E-state index < -0.39 is 4.92 Å². The molecular weight excluding hydrogens is 339 g/mol. The van der Waals surface area contributed by atoms with Crippen LogP contribution in [0.5, 0.6) is 0 Å². The van der Waals surface area contributed by atoms with E-state index in [9.17, 15) is 14.9 Å². The Bertz CT molecular complexity index is 765. The summed E-state index contributed by atoms with van der Waals surface area (Å²) in [4.78, 5) is 24.4. The molecule has 0 saturated carbocycles. The first-order chi connectivity index (χ1) is 10.8. The summed E-state index contributed by atoms with van der Waals surface area (Å²) in [5.74, 6) is -0.248. The van der Waals surface area contributed by atoms with Crippen molar-refractivity contribution in [2.45, 2.75) is 13.0 Å². The lowest BCUT2D eigenvalue weighted by Crippen LogP contribution is -2.29. The standard InChI is InChI=1S/C16H14Cl2N2O3/c1-10(11-4-3-5-13(8-11)20(22)23)19(2)16(21)12-6-7-14(17)15(18)9-12/h3-10H,1-2H3/t10-/m1/s1. The summed E-state index contributed by atoms with van der Waals surface area (Å²) >= 11 is 11.8. The van der Waals surface area contributed by atoms with E-state index >= 15 is 0 Å². The zero-order valence-corrected chi connectivity index (χ0v) is 14.0. The molecule has 23 heavy (non-hydrogen) atoms. The molecule has 0 heterocycles. The smallest absolute Gasteiger partial charge is 0.269 e. The Morgan fingerprint density at radius 2 is 1.87 bits per heavy atom. The van der Waals surface area contributed by atoms with Gasteiger partial charge in [0, 0.05) is 24.7 Å². The average Bonchev–Trinajstić information content (AvgIpc) is 2.55. The Balaban J connectivity index is 2.26. The van der Waals surface area contributed by atoms with E-state index in [1.807, 2.05) is 0 Å². The fourth-order valence-electron chi connectivity index (χ4n) is 2.13. The van der Waals surface area contributed by atoms with E-state index in [2.05, 4.69) is 0 Å². The molecule has 0 spiro atoms. The SMILES string of the molecule is C[C@H](c1cccc([N+](=O)[O-])c1)N(C)C(=O)c1ccc(Cl)c(Cl)c1. The van der Waals surface area contributed by atoms with Gasteiger partial charge in [-0.1, -0.05) is 35.3 Å². The molecule has 7 heteroatoms. The molecule has 0 aliphatic heterocycles. The van der Waals surface area contributed by atoms with Crippen molar-refractivity contribution >= 4 is 34.8 Å². The van der Waals surface area contributed by atoms with Crippen LogP contribution < -0.4 is 0 Å². The van der Waals surface area contributed by atoms with Crippen molar-refractivity contribution in [3.05, 3.63) is 73.8 Å². The minimum absolute atomic E-state index is 0.00950. The van der Waals surface area contributed by atoms with Crippen LogP contribution in [-0.2, 0) is 0 Å². The number of nitro groups is 1. The van der Waals surface area contributed by atoms with Crippen molar-refractivity contribution in [2.24, 2.45) is 0 Å². The second kappa shape index (κ2) is 6.98. The van der Waals surface area contributed by atoms with Crippen LogP contribution in [0.3, 0.4) is 0 Å². The third kappa shape index (κ3) is 3.81. The molecule has 0 aliphatic rings. The summed E-state index contributed by atoms with van der Waals surface area (Å²) in [6, 6.07) is 10.5. The lowest BCUT2D eigenvalue weighted by molar-refractivity contribution is -0.384. The predicted molar refractivity (Wildman–Crippen MR) is 90.1 cm³/mol. The predicted octanol–water partition coefficient (Wildman–Crippen LogP) is 4.73. The zero-order valence-electron chi connectivity index (χ0n) is 12.5. The molecule has 1 amide bonds. The number of nitrogens with zero attached hydrogens (tertiary/aromatic N) is 2. The van der Waals surface area contributed by atoms with Crippen LogP contribution in [0.15, 0.2) is 42.5 Å². The highest BCUT2D eigenvalue weighted by Crippen LogP contribution is 2.27. The largest absolute Gasteiger partial charge is 0.335 e. The summed E-state index contributed by atoms with van der Waals surface area (Å²) in [6.45, 7) is 1.80. The zero-order chi connectivity index (χ0) is 17.1. The first kappa shape index (κ1) is 17.2. The third-order valence-electron chi connectivity index (χ3n) is 3.63. The summed E-state index contributed by atoms with van der Waals surface area (Å²) in [5.41, 5.74) is 1.07. The minimum Gasteiger partial charge on any atom is -0.335 e. The lowest BCUT2D eigenvalue weighted by Gasteiger charge is -2.25. The van der Waals surface area contributed by atoms with Gasteiger partial charge in [-0.15, -0.1) is 0 Å². The van der Waals surface area contributed by atoms with Crippen LogP contribution in [0.25, 0.3) is 0 Å². The molecule has 2 rings (SSSR count). The molecule has 0 unspecified atom stereocenters. The average molecular weight is 353 g/mol. The number of carbonyl (C=O) groups is 1. The van der Waals surface area contributed by atoms with Gasteiger partial charge in [0.2, 0.25) is 0 Å². The number of benzene rings is 2. The molecule has 0 aliphatic carbocycles. The van der Waals surface area contributed by atoms with Crippen LogP contribution in [0, 0.1) is 10.1 Å². The van der Waals surface area contributed by atoms with Crippen LogP contribution in [0.2, 0.25) is 10.0 Å². The Morgan fingerprint density at radius 1 is 1.17 bits per heavy atom. The fraction of sp³-hybridized carbons (Fsp3) is 0.188. The number of carbonyl (C=O) groups excluding carboxylic acids is 1. The van der Waals surface area contributed by atoms with Crippen LogP contribution in [-0.4, -0.2) is 22.8 Å². The number of nitro benzene ring substituents is 1. The molecule has 0 radical (unpaired) electrons. The van der Waals surface area contributed by atoms with Gasteiger partial charge in [-0.05, 0) is 30.7 Å². The van der Waals surface area contributed by atoms with Crippen molar-refractivity contribution in [2.75, 3.05) is 7.05 Å². The van der Waals surface area contributed by atoms with Gasteiger partial charge in [0.25, 0.3) is 11.6 Å². The second-order valence-electron chi connectivity index (χ2n) is 5.07. The van der Waals surface area contributed by atoms with Gasteiger partial charge in [0.15, 0.2) is 0 Å². The molecule has 1 atom stereocenters. The Labute approximate surface area is 143 Å². The van der Waals surface area contributed by atoms with Gasteiger partial charge >= 0.3 is 0 Å². The highest BCUT2D eigenvalue weighted by Gasteiger charge is 2.21. The number of rotatable bonds is 4. The number of amides is 1. The van der Waals surface area contributed by atoms with Gasteiger partial charge in [-0.25, -0.2) is 0 Å². The van der Waals surface area contributed by atoms with Gasteiger partial charge < -0.3 is 4.90 Å². The van der Waals surface area contributed by atoms with Crippen molar-refractivity contribution in [3.63, 3.8) is 0 Å². The quantitative estimate of drug-likeness (QED) is 0.589. The molecule has 0 bridgehead atoms. The summed E-state index contributed by atoms with van der Waals surface area (Å²) in [6.07, 6.45) is 0.